The molecule has 0 saturated carbocycles. The predicted molar refractivity (Wildman–Crippen MR) is 53.8 cm³/mol. The lowest BCUT2D eigenvalue weighted by molar-refractivity contribution is -0.138. The zero-order valence-electron chi connectivity index (χ0n) is 7.94. The predicted octanol–water partition coefficient (Wildman–Crippen LogP) is 0.650. The Morgan fingerprint density at radius 3 is 2.43 bits per heavy atom. The molecule has 2 aliphatic rings. The molecular formula is C9H16ClNO3. The van der Waals surface area contributed by atoms with Crippen molar-refractivity contribution in [2.75, 3.05) is 13.2 Å². The van der Waals surface area contributed by atoms with Gasteiger partial charge >= 0.3 is 5.97 Å². The summed E-state index contributed by atoms with van der Waals surface area (Å²) in [6.45, 7) is 1.49. The average Bonchev–Trinajstić information content (AvgIpc) is 2.01. The van der Waals surface area contributed by atoms with Crippen LogP contribution in [-0.2, 0) is 9.53 Å². The highest BCUT2D eigenvalue weighted by Gasteiger charge is 2.32. The normalized spacial score (nSPS) is 35.9. The Labute approximate surface area is 89.4 Å². The SMILES string of the molecule is Cl.O=C(O)CC1CC2COCC(C1)N2. The second-order valence-electron chi connectivity index (χ2n) is 4.03. The molecule has 0 radical (unpaired) electrons. The Morgan fingerprint density at radius 2 is 1.93 bits per heavy atom. The highest BCUT2D eigenvalue weighted by Crippen LogP contribution is 2.26. The van der Waals surface area contributed by atoms with E-state index in [0.29, 0.717) is 24.4 Å². The maximum atomic E-state index is 10.5. The van der Waals surface area contributed by atoms with Crippen molar-refractivity contribution in [3.05, 3.63) is 0 Å². The summed E-state index contributed by atoms with van der Waals surface area (Å²) >= 11 is 0. The molecule has 2 aliphatic heterocycles. The monoisotopic (exact) mass is 221 g/mol. The van der Waals surface area contributed by atoms with Crippen LogP contribution in [0.25, 0.3) is 0 Å². The fraction of sp³-hybridized carbons (Fsp3) is 0.889. The number of hydrogen-bond acceptors (Lipinski definition) is 3. The maximum Gasteiger partial charge on any atom is 0.303 e. The van der Waals surface area contributed by atoms with Crippen molar-refractivity contribution in [3.8, 4) is 0 Å². The fourth-order valence-electron chi connectivity index (χ4n) is 2.37. The van der Waals surface area contributed by atoms with Gasteiger partial charge in [-0.15, -0.1) is 12.4 Å². The van der Waals surface area contributed by atoms with Crippen LogP contribution in [0.2, 0.25) is 0 Å². The van der Waals surface area contributed by atoms with Crippen LogP contribution in [0.1, 0.15) is 19.3 Å². The van der Waals surface area contributed by atoms with Crippen molar-refractivity contribution in [1.82, 2.24) is 5.32 Å². The zero-order valence-corrected chi connectivity index (χ0v) is 8.76. The van der Waals surface area contributed by atoms with Gasteiger partial charge in [0.2, 0.25) is 0 Å². The van der Waals surface area contributed by atoms with Crippen LogP contribution in [-0.4, -0.2) is 36.4 Å². The summed E-state index contributed by atoms with van der Waals surface area (Å²) in [5.74, 6) is -0.330. The van der Waals surface area contributed by atoms with E-state index in [2.05, 4.69) is 5.32 Å². The lowest BCUT2D eigenvalue weighted by Gasteiger charge is -2.39. The molecule has 0 spiro atoms. The van der Waals surface area contributed by atoms with Crippen LogP contribution in [0.4, 0.5) is 0 Å². The summed E-state index contributed by atoms with van der Waals surface area (Å²) in [5, 5.41) is 12.1. The molecule has 0 amide bonds. The molecule has 5 heteroatoms. The van der Waals surface area contributed by atoms with Gasteiger partial charge in [0.25, 0.3) is 0 Å². The van der Waals surface area contributed by atoms with E-state index in [4.69, 9.17) is 9.84 Å². The summed E-state index contributed by atoms with van der Waals surface area (Å²) in [6.07, 6.45) is 2.21. The van der Waals surface area contributed by atoms with Gasteiger partial charge in [0, 0.05) is 18.5 Å². The Bertz CT molecular complexity index is 200. The van der Waals surface area contributed by atoms with E-state index in [0.717, 1.165) is 26.1 Å². The number of carbonyl (C=O) groups is 1. The molecule has 2 heterocycles. The van der Waals surface area contributed by atoms with Gasteiger partial charge in [0.1, 0.15) is 0 Å². The molecule has 2 atom stereocenters. The Kier molecular flexibility index (Phi) is 4.16. The minimum atomic E-state index is -0.675. The van der Waals surface area contributed by atoms with Gasteiger partial charge in [-0.3, -0.25) is 4.79 Å². The largest absolute Gasteiger partial charge is 0.481 e. The van der Waals surface area contributed by atoms with E-state index in [1.165, 1.54) is 0 Å². The van der Waals surface area contributed by atoms with Crippen LogP contribution >= 0.6 is 12.4 Å². The van der Waals surface area contributed by atoms with E-state index in [1.54, 1.807) is 0 Å². The molecule has 0 aliphatic carbocycles. The van der Waals surface area contributed by atoms with Gasteiger partial charge in [-0.1, -0.05) is 0 Å². The van der Waals surface area contributed by atoms with E-state index in [1.807, 2.05) is 0 Å². The molecule has 2 rings (SSSR count). The first kappa shape index (κ1) is 11.8. The Balaban J connectivity index is 0.000000980. The minimum Gasteiger partial charge on any atom is -0.481 e. The van der Waals surface area contributed by atoms with Crippen LogP contribution in [0, 0.1) is 5.92 Å². The number of halogens is 1. The number of morpholine rings is 1. The molecule has 14 heavy (non-hydrogen) atoms. The topological polar surface area (TPSA) is 58.6 Å². The first-order chi connectivity index (χ1) is 6.24. The lowest BCUT2D eigenvalue weighted by atomic mass is 9.85. The maximum absolute atomic E-state index is 10.5. The van der Waals surface area contributed by atoms with Crippen LogP contribution in [0.15, 0.2) is 0 Å². The molecular weight excluding hydrogens is 206 g/mol. The van der Waals surface area contributed by atoms with Crippen molar-refractivity contribution in [1.29, 1.82) is 0 Å². The molecule has 0 aromatic heterocycles. The number of fused-ring (bicyclic) bond motifs is 2. The molecule has 2 bridgehead atoms. The summed E-state index contributed by atoms with van der Waals surface area (Å²) < 4.78 is 5.38. The van der Waals surface area contributed by atoms with Gasteiger partial charge in [0.15, 0.2) is 0 Å². The molecule has 2 saturated heterocycles. The van der Waals surface area contributed by atoms with E-state index < -0.39 is 5.97 Å². The fourth-order valence-corrected chi connectivity index (χ4v) is 2.37. The van der Waals surface area contributed by atoms with Crippen LogP contribution in [0.3, 0.4) is 0 Å². The summed E-state index contributed by atoms with van der Waals surface area (Å²) in [6, 6.07) is 0.772. The second kappa shape index (κ2) is 4.96. The molecule has 2 fully saturated rings. The van der Waals surface area contributed by atoms with Crippen molar-refractivity contribution >= 4 is 18.4 Å². The summed E-state index contributed by atoms with van der Waals surface area (Å²) in [5.41, 5.74) is 0. The van der Waals surface area contributed by atoms with Crippen molar-refractivity contribution in [2.24, 2.45) is 5.92 Å². The van der Waals surface area contributed by atoms with Crippen molar-refractivity contribution in [3.63, 3.8) is 0 Å². The third-order valence-corrected chi connectivity index (χ3v) is 2.81. The first-order valence-corrected chi connectivity index (χ1v) is 4.79. The number of rotatable bonds is 2. The lowest BCUT2D eigenvalue weighted by Crippen LogP contribution is -2.54. The highest BCUT2D eigenvalue weighted by atomic mass is 35.5. The number of hydrogen-bond donors (Lipinski definition) is 2. The van der Waals surface area contributed by atoms with Crippen LogP contribution in [0.5, 0.6) is 0 Å². The molecule has 4 nitrogen and oxygen atoms in total. The molecule has 0 aromatic carbocycles. The van der Waals surface area contributed by atoms with Crippen molar-refractivity contribution in [2.45, 2.75) is 31.3 Å². The Morgan fingerprint density at radius 1 is 1.36 bits per heavy atom. The molecule has 2 N–H and O–H groups in total. The number of piperidine rings is 1. The van der Waals surface area contributed by atoms with E-state index in [9.17, 15) is 4.79 Å². The minimum absolute atomic E-state index is 0. The summed E-state index contributed by atoms with van der Waals surface area (Å²) in [7, 11) is 0. The number of nitrogens with one attached hydrogen (secondary N) is 1. The smallest absolute Gasteiger partial charge is 0.303 e. The quantitative estimate of drug-likeness (QED) is 0.719. The van der Waals surface area contributed by atoms with Gasteiger partial charge in [0.05, 0.1) is 13.2 Å². The average molecular weight is 222 g/mol. The number of carboxylic acid groups (broad SMARTS) is 1. The third-order valence-electron chi connectivity index (χ3n) is 2.81. The molecule has 2 unspecified atom stereocenters. The Hall–Kier alpha value is -0.320. The van der Waals surface area contributed by atoms with Gasteiger partial charge in [-0.2, -0.15) is 0 Å². The number of aliphatic carboxylic acids is 1. The van der Waals surface area contributed by atoms with Gasteiger partial charge < -0.3 is 15.2 Å². The van der Waals surface area contributed by atoms with Crippen molar-refractivity contribution < 1.29 is 14.6 Å². The van der Waals surface area contributed by atoms with E-state index >= 15 is 0 Å². The third kappa shape index (κ3) is 2.83. The van der Waals surface area contributed by atoms with E-state index in [-0.39, 0.29) is 12.4 Å². The summed E-state index contributed by atoms with van der Waals surface area (Å²) in [4.78, 5) is 10.5. The second-order valence-corrected chi connectivity index (χ2v) is 4.03. The van der Waals surface area contributed by atoms with Gasteiger partial charge in [-0.05, 0) is 18.8 Å². The molecule has 82 valence electrons. The highest BCUT2D eigenvalue weighted by molar-refractivity contribution is 5.85. The number of ether oxygens (including phenoxy) is 1. The number of carboxylic acids is 1. The van der Waals surface area contributed by atoms with Crippen LogP contribution < -0.4 is 5.32 Å². The first-order valence-electron chi connectivity index (χ1n) is 4.79. The zero-order chi connectivity index (χ0) is 9.26. The standard InChI is InChI=1S/C9H15NO3.ClH/c11-9(12)3-6-1-7-4-13-5-8(2-6)10-7;/h6-8,10H,1-5H2,(H,11,12);1H. The van der Waals surface area contributed by atoms with Gasteiger partial charge in [-0.25, -0.2) is 0 Å². The molecule has 0 aromatic rings.